The van der Waals surface area contributed by atoms with Crippen molar-refractivity contribution in [3.63, 3.8) is 0 Å². The van der Waals surface area contributed by atoms with Crippen molar-refractivity contribution in [2.45, 2.75) is 6.92 Å². The summed E-state index contributed by atoms with van der Waals surface area (Å²) >= 11 is 0. The van der Waals surface area contributed by atoms with Gasteiger partial charge in [0.15, 0.2) is 5.82 Å². The van der Waals surface area contributed by atoms with Crippen molar-refractivity contribution in [2.75, 3.05) is 29.6 Å². The second-order valence-corrected chi connectivity index (χ2v) is 5.78. The molecule has 1 aromatic carbocycles. The summed E-state index contributed by atoms with van der Waals surface area (Å²) in [6.45, 7) is 1.76. The van der Waals surface area contributed by atoms with E-state index in [1.165, 1.54) is 0 Å². The molecule has 0 aliphatic carbocycles. The molecule has 0 atom stereocenters. The fourth-order valence-electron chi connectivity index (χ4n) is 2.22. The van der Waals surface area contributed by atoms with Crippen molar-refractivity contribution in [1.29, 1.82) is 0 Å². The Morgan fingerprint density at radius 3 is 2.36 bits per heavy atom. The van der Waals surface area contributed by atoms with Crippen molar-refractivity contribution in [3.8, 4) is 0 Å². The minimum atomic E-state index is -0.338. The second kappa shape index (κ2) is 7.04. The molecule has 0 spiro atoms. The quantitative estimate of drug-likeness (QED) is 0.742. The summed E-state index contributed by atoms with van der Waals surface area (Å²) < 4.78 is 4.91. The Labute approximate surface area is 145 Å². The van der Waals surface area contributed by atoms with Crippen LogP contribution in [0, 0.1) is 6.92 Å². The SMILES string of the molecule is Cc1cc(NC(=O)c2ccc(Nc3ccc(N(C)C)cc3)cn2)no1. The van der Waals surface area contributed by atoms with Crippen LogP contribution in [0.25, 0.3) is 0 Å². The lowest BCUT2D eigenvalue weighted by Gasteiger charge is -2.13. The fraction of sp³-hybridized carbons (Fsp3) is 0.167. The first-order valence-corrected chi connectivity index (χ1v) is 7.76. The molecule has 0 aliphatic heterocycles. The average molecular weight is 337 g/mol. The number of nitrogens with one attached hydrogen (secondary N) is 2. The first kappa shape index (κ1) is 16.5. The number of amides is 1. The molecule has 2 heterocycles. The van der Waals surface area contributed by atoms with Gasteiger partial charge in [-0.15, -0.1) is 0 Å². The van der Waals surface area contributed by atoms with Gasteiger partial charge in [-0.25, -0.2) is 4.98 Å². The second-order valence-electron chi connectivity index (χ2n) is 5.78. The number of aromatic nitrogens is 2. The van der Waals surface area contributed by atoms with Crippen molar-refractivity contribution in [1.82, 2.24) is 10.1 Å². The van der Waals surface area contributed by atoms with E-state index < -0.39 is 0 Å². The predicted octanol–water partition coefficient (Wildman–Crippen LogP) is 3.44. The highest BCUT2D eigenvalue weighted by Gasteiger charge is 2.10. The molecular formula is C18H19N5O2. The van der Waals surface area contributed by atoms with Crippen LogP contribution in [-0.2, 0) is 0 Å². The molecule has 0 unspecified atom stereocenters. The van der Waals surface area contributed by atoms with Crippen molar-refractivity contribution < 1.29 is 9.32 Å². The van der Waals surface area contributed by atoms with Crippen LogP contribution in [-0.4, -0.2) is 30.1 Å². The van der Waals surface area contributed by atoms with E-state index in [0.717, 1.165) is 17.1 Å². The summed E-state index contributed by atoms with van der Waals surface area (Å²) in [7, 11) is 3.99. The van der Waals surface area contributed by atoms with Crippen LogP contribution in [0.5, 0.6) is 0 Å². The summed E-state index contributed by atoms with van der Waals surface area (Å²) in [5.41, 5.74) is 3.17. The summed E-state index contributed by atoms with van der Waals surface area (Å²) in [5, 5.41) is 9.61. The molecule has 0 saturated heterocycles. The number of rotatable bonds is 5. The molecule has 0 aliphatic rings. The van der Waals surface area contributed by atoms with Crippen molar-refractivity contribution in [2.24, 2.45) is 0 Å². The van der Waals surface area contributed by atoms with Crippen molar-refractivity contribution >= 4 is 28.8 Å². The third-order valence-electron chi connectivity index (χ3n) is 3.54. The normalized spacial score (nSPS) is 10.4. The first-order chi connectivity index (χ1) is 12.0. The number of hydrogen-bond donors (Lipinski definition) is 2. The molecule has 7 nitrogen and oxygen atoms in total. The molecule has 0 bridgehead atoms. The molecular weight excluding hydrogens is 318 g/mol. The van der Waals surface area contributed by atoms with E-state index in [0.29, 0.717) is 17.3 Å². The van der Waals surface area contributed by atoms with Crippen LogP contribution in [0.2, 0.25) is 0 Å². The lowest BCUT2D eigenvalue weighted by molar-refractivity contribution is 0.102. The Morgan fingerprint density at radius 2 is 1.80 bits per heavy atom. The number of pyridine rings is 1. The largest absolute Gasteiger partial charge is 0.378 e. The molecule has 128 valence electrons. The van der Waals surface area contributed by atoms with Crippen LogP contribution in [0.1, 0.15) is 16.2 Å². The number of carbonyl (C=O) groups is 1. The van der Waals surface area contributed by atoms with Gasteiger partial charge in [-0.05, 0) is 43.3 Å². The highest BCUT2D eigenvalue weighted by atomic mass is 16.5. The minimum Gasteiger partial charge on any atom is -0.378 e. The van der Waals surface area contributed by atoms with E-state index in [1.807, 2.05) is 43.3 Å². The Kier molecular flexibility index (Phi) is 4.65. The zero-order valence-electron chi connectivity index (χ0n) is 14.3. The third kappa shape index (κ3) is 4.14. The molecule has 1 amide bonds. The van der Waals surface area contributed by atoms with E-state index in [1.54, 1.807) is 31.3 Å². The number of hydrogen-bond acceptors (Lipinski definition) is 6. The van der Waals surface area contributed by atoms with Gasteiger partial charge in [-0.2, -0.15) is 0 Å². The maximum atomic E-state index is 12.1. The van der Waals surface area contributed by atoms with E-state index in [4.69, 9.17) is 4.52 Å². The number of anilines is 4. The standard InChI is InChI=1S/C18H19N5O2/c1-12-10-17(22-25-12)21-18(24)16-9-6-14(11-19-16)20-13-4-7-15(8-5-13)23(2)3/h4-11,20H,1-3H3,(H,21,22,24). The van der Waals surface area contributed by atoms with Gasteiger partial charge in [-0.3, -0.25) is 4.79 Å². The molecule has 2 N–H and O–H groups in total. The number of carbonyl (C=O) groups excluding carboxylic acids is 1. The predicted molar refractivity (Wildman–Crippen MR) is 97.5 cm³/mol. The fourth-order valence-corrected chi connectivity index (χ4v) is 2.22. The number of nitrogens with zero attached hydrogens (tertiary/aromatic N) is 3. The van der Waals surface area contributed by atoms with E-state index >= 15 is 0 Å². The van der Waals surface area contributed by atoms with Gasteiger partial charge in [0.05, 0.1) is 11.9 Å². The number of benzene rings is 1. The molecule has 7 heteroatoms. The van der Waals surface area contributed by atoms with Gasteiger partial charge in [0, 0.05) is 31.5 Å². The van der Waals surface area contributed by atoms with Gasteiger partial charge in [0.2, 0.25) is 0 Å². The van der Waals surface area contributed by atoms with Crippen LogP contribution in [0.4, 0.5) is 22.9 Å². The van der Waals surface area contributed by atoms with Gasteiger partial charge in [-0.1, -0.05) is 5.16 Å². The maximum absolute atomic E-state index is 12.1. The van der Waals surface area contributed by atoms with Gasteiger partial charge >= 0.3 is 0 Å². The smallest absolute Gasteiger partial charge is 0.275 e. The third-order valence-corrected chi connectivity index (χ3v) is 3.54. The van der Waals surface area contributed by atoms with E-state index in [2.05, 4.69) is 20.8 Å². The van der Waals surface area contributed by atoms with Crippen LogP contribution >= 0.6 is 0 Å². The zero-order chi connectivity index (χ0) is 17.8. The summed E-state index contributed by atoms with van der Waals surface area (Å²) in [6.07, 6.45) is 1.61. The molecule has 0 radical (unpaired) electrons. The Balaban J connectivity index is 1.64. The highest BCUT2D eigenvalue weighted by molar-refractivity contribution is 6.02. The topological polar surface area (TPSA) is 83.3 Å². The van der Waals surface area contributed by atoms with Crippen molar-refractivity contribution in [3.05, 3.63) is 60.1 Å². The van der Waals surface area contributed by atoms with Crippen LogP contribution in [0.3, 0.4) is 0 Å². The molecule has 25 heavy (non-hydrogen) atoms. The maximum Gasteiger partial charge on any atom is 0.275 e. The minimum absolute atomic E-state index is 0.300. The van der Waals surface area contributed by atoms with Gasteiger partial charge in [0.25, 0.3) is 5.91 Å². The molecule has 3 rings (SSSR count). The monoisotopic (exact) mass is 337 g/mol. The first-order valence-electron chi connectivity index (χ1n) is 7.76. The molecule has 3 aromatic rings. The van der Waals surface area contributed by atoms with Crippen LogP contribution < -0.4 is 15.5 Å². The Morgan fingerprint density at radius 1 is 1.08 bits per heavy atom. The lowest BCUT2D eigenvalue weighted by atomic mass is 10.2. The van der Waals surface area contributed by atoms with Gasteiger partial charge < -0.3 is 20.1 Å². The van der Waals surface area contributed by atoms with Gasteiger partial charge in [0.1, 0.15) is 11.5 Å². The Bertz CT molecular complexity index is 854. The molecule has 0 fully saturated rings. The molecule has 2 aromatic heterocycles. The Hall–Kier alpha value is -3.35. The lowest BCUT2D eigenvalue weighted by Crippen LogP contribution is -2.13. The zero-order valence-corrected chi connectivity index (χ0v) is 14.3. The van der Waals surface area contributed by atoms with Crippen LogP contribution in [0.15, 0.2) is 53.2 Å². The summed E-state index contributed by atoms with van der Waals surface area (Å²) in [6, 6.07) is 13.1. The highest BCUT2D eigenvalue weighted by Crippen LogP contribution is 2.20. The molecule has 0 saturated carbocycles. The number of aryl methyl sites for hydroxylation is 1. The van der Waals surface area contributed by atoms with E-state index in [9.17, 15) is 4.79 Å². The summed E-state index contributed by atoms with van der Waals surface area (Å²) in [5.74, 6) is 0.658. The summed E-state index contributed by atoms with van der Waals surface area (Å²) in [4.78, 5) is 18.3. The van der Waals surface area contributed by atoms with E-state index in [-0.39, 0.29) is 5.91 Å². The average Bonchev–Trinajstić information content (AvgIpc) is 3.01.